The molecule has 1 aliphatic heterocycles. The van der Waals surface area contributed by atoms with Crippen LogP contribution >= 0.6 is 0 Å². The highest BCUT2D eigenvalue weighted by molar-refractivity contribution is 6.05. The third kappa shape index (κ3) is 10.7. The Bertz CT molecular complexity index is 1370. The van der Waals surface area contributed by atoms with Gasteiger partial charge in [-0.25, -0.2) is 9.18 Å². The maximum atomic E-state index is 13.8. The fourth-order valence-corrected chi connectivity index (χ4v) is 4.67. The molecule has 0 bridgehead atoms. The monoisotopic (exact) mass is 586 g/mol. The summed E-state index contributed by atoms with van der Waals surface area (Å²) in [6.07, 6.45) is 11.6. The van der Waals surface area contributed by atoms with Crippen LogP contribution in [0.1, 0.15) is 76.4 Å². The van der Waals surface area contributed by atoms with Gasteiger partial charge in [-0.3, -0.25) is 4.79 Å². The maximum absolute atomic E-state index is 13.8. The minimum Gasteiger partial charge on any atom is -0.459 e. The zero-order valence-corrected chi connectivity index (χ0v) is 26.5. The van der Waals surface area contributed by atoms with Gasteiger partial charge in [-0.2, -0.15) is 0 Å². The van der Waals surface area contributed by atoms with Gasteiger partial charge in [0.25, 0.3) is 5.91 Å². The second-order valence-corrected chi connectivity index (χ2v) is 9.68. The third-order valence-electron chi connectivity index (χ3n) is 6.22. The zero-order valence-electron chi connectivity index (χ0n) is 26.5. The van der Waals surface area contributed by atoms with E-state index >= 15 is 0 Å². The van der Waals surface area contributed by atoms with Crippen molar-refractivity contribution >= 4 is 11.9 Å². The Balaban J connectivity index is 0.000000813. The average molecular weight is 587 g/mol. The number of nitrogens with two attached hydrogens (primary N) is 1. The Morgan fingerprint density at radius 1 is 1.07 bits per heavy atom. The van der Waals surface area contributed by atoms with Gasteiger partial charge >= 0.3 is 5.97 Å². The van der Waals surface area contributed by atoms with Crippen LogP contribution in [0.3, 0.4) is 0 Å². The highest BCUT2D eigenvalue weighted by atomic mass is 19.1. The first-order valence-electron chi connectivity index (χ1n) is 14.7. The van der Waals surface area contributed by atoms with Gasteiger partial charge in [0.15, 0.2) is 0 Å². The van der Waals surface area contributed by atoms with Crippen LogP contribution in [0, 0.1) is 5.82 Å². The number of rotatable bonds is 8. The van der Waals surface area contributed by atoms with Gasteiger partial charge in [0, 0.05) is 36.7 Å². The van der Waals surface area contributed by atoms with Crippen LogP contribution < -0.4 is 5.73 Å². The molecule has 2 heterocycles. The van der Waals surface area contributed by atoms with Crippen LogP contribution in [-0.2, 0) is 16.1 Å². The standard InChI is InChI=1S/C27H27FN2O3.C5H8.C3H6.C2H6/c1-17(2)25-24(27(29)32)23(18-7-4-3-5-8-18)26(19-11-13-20(28)14-12-19)30(25)16-15-21-9-6-10-22(31)33-21;1-3-5-4-2;1-3-2;1-2/h3-8,10-14,17,21H,9,15-16H2,1-2H3,(H2,29,32);3-5H,1H2,2H3;3H,1H2,2H3;1-2H3/b;5-4-;;/t21-;;;/m0.../s1. The van der Waals surface area contributed by atoms with Crippen LogP contribution in [0.15, 0.2) is 104 Å². The molecule has 0 aliphatic carbocycles. The fourth-order valence-electron chi connectivity index (χ4n) is 4.67. The van der Waals surface area contributed by atoms with Crippen molar-refractivity contribution in [2.24, 2.45) is 5.73 Å². The van der Waals surface area contributed by atoms with Crippen molar-refractivity contribution in [2.45, 2.75) is 73.0 Å². The number of ether oxygens (including phenoxy) is 1. The Kier molecular flexibility index (Phi) is 16.7. The number of amides is 1. The molecule has 1 aliphatic rings. The highest BCUT2D eigenvalue weighted by Crippen LogP contribution is 2.42. The first kappa shape index (κ1) is 36.6. The van der Waals surface area contributed by atoms with Crippen molar-refractivity contribution in [1.82, 2.24) is 4.57 Å². The van der Waals surface area contributed by atoms with Crippen molar-refractivity contribution in [3.05, 3.63) is 121 Å². The van der Waals surface area contributed by atoms with E-state index in [-0.39, 0.29) is 23.8 Å². The summed E-state index contributed by atoms with van der Waals surface area (Å²) in [4.78, 5) is 24.5. The molecule has 0 radical (unpaired) electrons. The van der Waals surface area contributed by atoms with Gasteiger partial charge in [0.05, 0.1) is 11.3 Å². The van der Waals surface area contributed by atoms with Crippen molar-refractivity contribution < 1.29 is 18.7 Å². The molecule has 0 spiro atoms. The predicted octanol–water partition coefficient (Wildman–Crippen LogP) is 9.41. The molecular formula is C37H47FN2O3. The topological polar surface area (TPSA) is 74.3 Å². The summed E-state index contributed by atoms with van der Waals surface area (Å²) in [7, 11) is 0. The van der Waals surface area contributed by atoms with E-state index in [0.717, 1.165) is 28.1 Å². The Morgan fingerprint density at radius 3 is 2.14 bits per heavy atom. The number of carbonyl (C=O) groups excluding carboxylic acids is 2. The molecule has 0 unspecified atom stereocenters. The maximum Gasteiger partial charge on any atom is 0.330 e. The molecule has 2 aromatic carbocycles. The summed E-state index contributed by atoms with van der Waals surface area (Å²) in [5.74, 6) is -1.19. The molecule has 1 amide bonds. The highest BCUT2D eigenvalue weighted by Gasteiger charge is 2.30. The van der Waals surface area contributed by atoms with Crippen molar-refractivity contribution in [3.8, 4) is 22.4 Å². The van der Waals surface area contributed by atoms with Crippen molar-refractivity contribution in [1.29, 1.82) is 0 Å². The fraction of sp³-hybridized carbons (Fsp3) is 0.297. The minimum atomic E-state index is -0.508. The Hall–Kier alpha value is -4.45. The van der Waals surface area contributed by atoms with E-state index in [9.17, 15) is 14.0 Å². The number of allylic oxidation sites excluding steroid dienone is 4. The van der Waals surface area contributed by atoms with Gasteiger partial charge in [-0.05, 0) is 55.2 Å². The summed E-state index contributed by atoms with van der Waals surface area (Å²) in [5, 5.41) is 0. The predicted molar refractivity (Wildman–Crippen MR) is 178 cm³/mol. The number of esters is 1. The molecule has 43 heavy (non-hydrogen) atoms. The van der Waals surface area contributed by atoms with Gasteiger partial charge in [-0.1, -0.05) is 95.0 Å². The smallest absolute Gasteiger partial charge is 0.330 e. The lowest BCUT2D eigenvalue weighted by Gasteiger charge is -2.22. The second kappa shape index (κ2) is 19.6. The summed E-state index contributed by atoms with van der Waals surface area (Å²) >= 11 is 0. The van der Waals surface area contributed by atoms with E-state index in [2.05, 4.69) is 17.7 Å². The number of hydrogen-bond acceptors (Lipinski definition) is 3. The first-order valence-corrected chi connectivity index (χ1v) is 14.7. The SMILES string of the molecule is C=C/C=C\C.C=CC.CC.CC(C)c1c(C(N)=O)c(-c2ccccc2)c(-c2ccc(F)cc2)n1CC[C@@H]1CC=CC(=O)O1. The zero-order chi connectivity index (χ0) is 32.4. The molecule has 4 rings (SSSR count). The van der Waals surface area contributed by atoms with Crippen LogP contribution in [0.4, 0.5) is 4.39 Å². The summed E-state index contributed by atoms with van der Waals surface area (Å²) in [6.45, 7) is 19.2. The van der Waals surface area contributed by atoms with Gasteiger partial charge in [0.2, 0.25) is 0 Å². The van der Waals surface area contributed by atoms with Gasteiger partial charge < -0.3 is 15.0 Å². The molecule has 2 N–H and O–H groups in total. The Morgan fingerprint density at radius 2 is 1.67 bits per heavy atom. The quantitative estimate of drug-likeness (QED) is 0.162. The average Bonchev–Trinajstić information content (AvgIpc) is 3.35. The lowest BCUT2D eigenvalue weighted by Crippen LogP contribution is -2.22. The first-order chi connectivity index (χ1) is 20.7. The van der Waals surface area contributed by atoms with E-state index in [1.165, 1.54) is 18.2 Å². The number of benzene rings is 2. The molecule has 230 valence electrons. The van der Waals surface area contributed by atoms with Crippen molar-refractivity contribution in [2.75, 3.05) is 0 Å². The van der Waals surface area contributed by atoms with E-state index in [1.807, 2.05) is 90.1 Å². The third-order valence-corrected chi connectivity index (χ3v) is 6.22. The largest absolute Gasteiger partial charge is 0.459 e. The lowest BCUT2D eigenvalue weighted by atomic mass is 9.94. The number of aromatic nitrogens is 1. The van der Waals surface area contributed by atoms with Crippen LogP contribution in [0.25, 0.3) is 22.4 Å². The van der Waals surface area contributed by atoms with Gasteiger partial charge in [0.1, 0.15) is 11.9 Å². The molecule has 6 heteroatoms. The number of primary amides is 1. The number of nitrogens with zero attached hydrogens (tertiary/aromatic N) is 1. The van der Waals surface area contributed by atoms with Gasteiger partial charge in [-0.15, -0.1) is 6.58 Å². The van der Waals surface area contributed by atoms with Crippen molar-refractivity contribution in [3.63, 3.8) is 0 Å². The number of halogens is 1. The van der Waals surface area contributed by atoms with E-state index in [1.54, 1.807) is 24.3 Å². The molecule has 0 saturated carbocycles. The molecule has 3 aromatic rings. The molecule has 0 fully saturated rings. The summed E-state index contributed by atoms with van der Waals surface area (Å²) in [5.41, 5.74) is 10.4. The second-order valence-electron chi connectivity index (χ2n) is 9.68. The summed E-state index contributed by atoms with van der Waals surface area (Å²) in [6, 6.07) is 15.9. The van der Waals surface area contributed by atoms with E-state index in [0.29, 0.717) is 24.9 Å². The lowest BCUT2D eigenvalue weighted by molar-refractivity contribution is -0.144. The molecule has 5 nitrogen and oxygen atoms in total. The number of cyclic esters (lactones) is 1. The molecule has 1 aromatic heterocycles. The normalized spacial score (nSPS) is 13.5. The minimum absolute atomic E-state index is 0.00189. The summed E-state index contributed by atoms with van der Waals surface area (Å²) < 4.78 is 21.3. The molecular weight excluding hydrogens is 539 g/mol. The Labute approximate surface area is 257 Å². The molecule has 1 atom stereocenters. The van der Waals surface area contributed by atoms with E-state index in [4.69, 9.17) is 10.5 Å². The number of hydrogen-bond donors (Lipinski definition) is 1. The number of carbonyl (C=O) groups is 2. The van der Waals surface area contributed by atoms with Crippen LogP contribution in [0.5, 0.6) is 0 Å². The van der Waals surface area contributed by atoms with Crippen LogP contribution in [0.2, 0.25) is 0 Å². The molecule has 0 saturated heterocycles. The van der Waals surface area contributed by atoms with Crippen LogP contribution in [-0.4, -0.2) is 22.5 Å². The van der Waals surface area contributed by atoms with E-state index < -0.39 is 5.91 Å².